The molecule has 3 aromatic rings. The Labute approximate surface area is 196 Å². The van der Waals surface area contributed by atoms with E-state index in [2.05, 4.69) is 15.9 Å². The highest BCUT2D eigenvalue weighted by Crippen LogP contribution is 2.39. The number of rotatable bonds is 4. The summed E-state index contributed by atoms with van der Waals surface area (Å²) in [6, 6.07) is 19.1. The van der Waals surface area contributed by atoms with Crippen LogP contribution in [0.15, 0.2) is 71.2 Å². The van der Waals surface area contributed by atoms with E-state index in [4.69, 9.17) is 15.6 Å². The molecular weight excluding hydrogens is 505 g/mol. The van der Waals surface area contributed by atoms with Crippen molar-refractivity contribution in [3.8, 4) is 0 Å². The lowest BCUT2D eigenvalue weighted by Crippen LogP contribution is -2.53. The van der Waals surface area contributed by atoms with Gasteiger partial charge in [-0.3, -0.25) is 0 Å². The molecule has 4 N–H and O–H groups in total. The Hall–Kier alpha value is -3.27. The third kappa shape index (κ3) is 6.61. The van der Waals surface area contributed by atoms with Crippen LogP contribution in [-0.4, -0.2) is 23.5 Å². The third-order valence-electron chi connectivity index (χ3n) is 4.90. The van der Waals surface area contributed by atoms with E-state index in [1.54, 1.807) is 0 Å². The fourth-order valence-corrected chi connectivity index (χ4v) is 3.41. The van der Waals surface area contributed by atoms with Crippen LogP contribution in [0.2, 0.25) is 0 Å². The predicted molar refractivity (Wildman–Crippen MR) is 122 cm³/mol. The summed E-state index contributed by atoms with van der Waals surface area (Å²) < 4.78 is 44.3. The second kappa shape index (κ2) is 10.6. The zero-order chi connectivity index (χ0) is 24.8. The summed E-state index contributed by atoms with van der Waals surface area (Å²) in [4.78, 5) is 21.2. The van der Waals surface area contributed by atoms with Gasteiger partial charge < -0.3 is 20.9 Å². The molecule has 0 saturated heterocycles. The highest BCUT2D eigenvalue weighted by atomic mass is 79.9. The molecule has 33 heavy (non-hydrogen) atoms. The van der Waals surface area contributed by atoms with Crippen LogP contribution < -0.4 is 11.1 Å². The molecule has 0 aromatic heterocycles. The molecule has 0 unspecified atom stereocenters. The van der Waals surface area contributed by atoms with Crippen LogP contribution >= 0.6 is 15.9 Å². The van der Waals surface area contributed by atoms with E-state index in [9.17, 15) is 22.8 Å². The van der Waals surface area contributed by atoms with Crippen LogP contribution in [0.4, 0.5) is 22.8 Å². The molecule has 0 heterocycles. The summed E-state index contributed by atoms with van der Waals surface area (Å²) in [5.74, 6) is 0. The molecule has 0 fully saturated rings. The van der Waals surface area contributed by atoms with Crippen molar-refractivity contribution >= 4 is 38.9 Å². The van der Waals surface area contributed by atoms with E-state index in [1.807, 2.05) is 49.4 Å². The van der Waals surface area contributed by atoms with E-state index in [1.165, 1.54) is 29.6 Å². The van der Waals surface area contributed by atoms with Gasteiger partial charge in [0.15, 0.2) is 5.54 Å². The van der Waals surface area contributed by atoms with Crippen molar-refractivity contribution in [2.24, 2.45) is 5.73 Å². The number of alkyl halides is 3. The minimum Gasteiger partial charge on any atom is -0.465 e. The first-order valence-corrected chi connectivity index (χ1v) is 10.4. The van der Waals surface area contributed by atoms with Crippen molar-refractivity contribution in [2.75, 3.05) is 0 Å². The fourth-order valence-electron chi connectivity index (χ4n) is 3.15. The number of ether oxygens (including phenoxy) is 1. The van der Waals surface area contributed by atoms with E-state index < -0.39 is 23.9 Å². The summed E-state index contributed by atoms with van der Waals surface area (Å²) in [6.45, 7) is 2.59. The second-order valence-corrected chi connectivity index (χ2v) is 8.12. The first-order chi connectivity index (χ1) is 15.3. The van der Waals surface area contributed by atoms with Crippen LogP contribution in [0.5, 0.6) is 0 Å². The number of carbonyl (C=O) groups excluding carboxylic acids is 1. The van der Waals surface area contributed by atoms with Gasteiger partial charge in [-0.25, -0.2) is 9.59 Å². The van der Waals surface area contributed by atoms with Crippen molar-refractivity contribution in [1.29, 1.82) is 0 Å². The molecule has 0 spiro atoms. The third-order valence-corrected chi connectivity index (χ3v) is 5.43. The smallest absolute Gasteiger partial charge is 0.415 e. The largest absolute Gasteiger partial charge is 0.465 e. The van der Waals surface area contributed by atoms with Crippen molar-refractivity contribution in [3.05, 3.63) is 82.3 Å². The first kappa shape index (κ1) is 26.0. The Morgan fingerprint density at radius 2 is 1.61 bits per heavy atom. The molecule has 2 atom stereocenters. The molecule has 0 saturated carbocycles. The van der Waals surface area contributed by atoms with Gasteiger partial charge in [0, 0.05) is 10.0 Å². The minimum atomic E-state index is -4.72. The number of fused-ring (bicyclic) bond motifs is 1. The molecule has 3 rings (SSSR count). The van der Waals surface area contributed by atoms with E-state index in [-0.39, 0.29) is 11.7 Å². The number of halogens is 4. The van der Waals surface area contributed by atoms with Gasteiger partial charge in [-0.05, 0) is 42.3 Å². The molecule has 0 radical (unpaired) electrons. The van der Waals surface area contributed by atoms with Crippen LogP contribution in [0.25, 0.3) is 10.8 Å². The summed E-state index contributed by atoms with van der Waals surface area (Å²) >= 11 is 3.10. The van der Waals surface area contributed by atoms with Crippen molar-refractivity contribution < 1.29 is 32.6 Å². The van der Waals surface area contributed by atoms with Crippen LogP contribution in [0.3, 0.4) is 0 Å². The Morgan fingerprint density at radius 3 is 2.15 bits per heavy atom. The number of primary amides is 1. The average Bonchev–Trinajstić information content (AvgIpc) is 2.72. The Bertz CT molecular complexity index is 1120. The van der Waals surface area contributed by atoms with E-state index >= 15 is 0 Å². The van der Waals surface area contributed by atoms with Gasteiger partial charge >= 0.3 is 18.4 Å². The van der Waals surface area contributed by atoms with Gasteiger partial charge in [0.1, 0.15) is 6.10 Å². The summed E-state index contributed by atoms with van der Waals surface area (Å²) in [6.07, 6.45) is -7.53. The maximum atomic E-state index is 12.9. The lowest BCUT2D eigenvalue weighted by atomic mass is 9.91. The Kier molecular flexibility index (Phi) is 8.32. The Morgan fingerprint density at radius 1 is 1.03 bits per heavy atom. The number of nitrogens with two attached hydrogens (primary N) is 1. The molecule has 0 aliphatic carbocycles. The summed E-state index contributed by atoms with van der Waals surface area (Å²) in [5.41, 5.74) is 3.19. The Balaban J connectivity index is 0.000000234. The van der Waals surface area contributed by atoms with Gasteiger partial charge in [0.25, 0.3) is 0 Å². The summed E-state index contributed by atoms with van der Waals surface area (Å²) in [5, 5.41) is 12.2. The lowest BCUT2D eigenvalue weighted by molar-refractivity contribution is -0.192. The molecule has 2 amide bonds. The predicted octanol–water partition coefficient (Wildman–Crippen LogP) is 6.49. The molecule has 0 aliphatic rings. The number of hydrogen-bond acceptors (Lipinski definition) is 3. The van der Waals surface area contributed by atoms with Crippen molar-refractivity contribution in [1.82, 2.24) is 5.32 Å². The number of nitrogens with one attached hydrogen (secondary N) is 1. The zero-order valence-electron chi connectivity index (χ0n) is 17.7. The lowest BCUT2D eigenvalue weighted by Gasteiger charge is -2.32. The van der Waals surface area contributed by atoms with E-state index in [0.29, 0.717) is 4.47 Å². The molecule has 0 aliphatic heterocycles. The minimum absolute atomic E-state index is 0.171. The summed E-state index contributed by atoms with van der Waals surface area (Å²) in [7, 11) is 0. The molecule has 176 valence electrons. The molecule has 3 aromatic carbocycles. The monoisotopic (exact) mass is 526 g/mol. The normalized spacial score (nSPS) is 13.8. The van der Waals surface area contributed by atoms with Crippen molar-refractivity contribution in [3.63, 3.8) is 0 Å². The number of carbonyl (C=O) groups is 2. The van der Waals surface area contributed by atoms with Crippen LogP contribution in [0.1, 0.15) is 31.1 Å². The maximum Gasteiger partial charge on any atom is 0.415 e. The molecular formula is C23H22BrF3N2O4. The second-order valence-electron chi connectivity index (χ2n) is 7.21. The maximum absolute atomic E-state index is 12.9. The van der Waals surface area contributed by atoms with E-state index in [0.717, 1.165) is 23.3 Å². The highest BCUT2D eigenvalue weighted by molar-refractivity contribution is 9.10. The van der Waals surface area contributed by atoms with Crippen molar-refractivity contribution in [2.45, 2.75) is 31.7 Å². The van der Waals surface area contributed by atoms with Gasteiger partial charge in [0.2, 0.25) is 0 Å². The molecule has 0 bridgehead atoms. The number of benzene rings is 3. The number of carboxylic acid groups (broad SMARTS) is 1. The van der Waals surface area contributed by atoms with Gasteiger partial charge in [-0.15, -0.1) is 0 Å². The average molecular weight is 527 g/mol. The highest BCUT2D eigenvalue weighted by Gasteiger charge is 2.53. The fraction of sp³-hybridized carbons (Fsp3) is 0.217. The first-order valence-electron chi connectivity index (χ1n) is 9.63. The topological polar surface area (TPSA) is 102 Å². The standard InChI is InChI=1S/C13H13NO2.C10H9BrF3NO2/c1-9(16-13(14)15)11-8-4-6-10-5-2-3-7-12(10)11;1-9(10(12,13)14,15-8(16)17)6-2-4-7(11)5-3-6/h2-9H,1H3,(H2,14,15);2-5,15H,1H3,(H,16,17)/t2*9-/m01/s1. The van der Waals surface area contributed by atoms with Crippen LogP contribution in [0, 0.1) is 0 Å². The molecule has 6 nitrogen and oxygen atoms in total. The number of hydrogen-bond donors (Lipinski definition) is 3. The zero-order valence-corrected chi connectivity index (χ0v) is 19.3. The van der Waals surface area contributed by atoms with Crippen LogP contribution in [-0.2, 0) is 10.3 Å². The van der Waals surface area contributed by atoms with Gasteiger partial charge in [0.05, 0.1) is 0 Å². The number of amides is 2. The molecule has 10 heteroatoms. The SMILES string of the molecule is C[C@@](NC(=O)O)(c1ccc(Br)cc1)C(F)(F)F.C[C@H](OC(N)=O)c1cccc2ccccc12. The van der Waals surface area contributed by atoms with Gasteiger partial charge in [-0.2, -0.15) is 13.2 Å². The quantitative estimate of drug-likeness (QED) is 0.361. The van der Waals surface area contributed by atoms with Gasteiger partial charge in [-0.1, -0.05) is 70.5 Å².